The highest BCUT2D eigenvalue weighted by molar-refractivity contribution is 6.00. The lowest BCUT2D eigenvalue weighted by atomic mass is 10.1. The van der Waals surface area contributed by atoms with E-state index in [0.717, 1.165) is 0 Å². The average Bonchev–Trinajstić information content (AvgIpc) is 3.42. The topological polar surface area (TPSA) is 74.1 Å². The van der Waals surface area contributed by atoms with Gasteiger partial charge in [0.2, 0.25) is 17.7 Å². The third-order valence-electron chi connectivity index (χ3n) is 5.45. The van der Waals surface area contributed by atoms with Gasteiger partial charge in [0.05, 0.1) is 17.9 Å². The molecule has 0 bridgehead atoms. The highest BCUT2D eigenvalue weighted by atomic mass is 19.1. The van der Waals surface area contributed by atoms with Gasteiger partial charge in [-0.2, -0.15) is 0 Å². The fraction of sp³-hybridized carbons (Fsp3) is 0.318. The standard InChI is InChI=1S/C22H22FN3O4/c23-18-5-1-2-6-19(18)26-15-16(14-21(26)28)22(29)25-11-9-24(10-12-25)20(27)8-7-17-4-3-13-30-17/h1-8,13,16H,9-12,14-15H2/b8-7+/t16-/m0/s1. The van der Waals surface area contributed by atoms with Crippen LogP contribution in [0.4, 0.5) is 10.1 Å². The molecule has 3 amide bonds. The number of halogens is 1. The summed E-state index contributed by atoms with van der Waals surface area (Å²) >= 11 is 0. The molecule has 30 heavy (non-hydrogen) atoms. The molecule has 0 spiro atoms. The summed E-state index contributed by atoms with van der Waals surface area (Å²) in [5.41, 5.74) is 0.205. The van der Waals surface area contributed by atoms with Crippen LogP contribution in [0.5, 0.6) is 0 Å². The van der Waals surface area contributed by atoms with Crippen LogP contribution >= 0.6 is 0 Å². The summed E-state index contributed by atoms with van der Waals surface area (Å²) in [5.74, 6) is -0.898. The van der Waals surface area contributed by atoms with Crippen LogP contribution < -0.4 is 4.90 Å². The second kappa shape index (κ2) is 8.52. The van der Waals surface area contributed by atoms with Crippen molar-refractivity contribution in [2.45, 2.75) is 6.42 Å². The Labute approximate surface area is 173 Å². The Bertz CT molecular complexity index is 965. The van der Waals surface area contributed by atoms with E-state index in [1.54, 1.807) is 46.2 Å². The number of carbonyl (C=O) groups excluding carboxylic acids is 3. The van der Waals surface area contributed by atoms with Crippen molar-refractivity contribution in [2.24, 2.45) is 5.92 Å². The molecule has 3 heterocycles. The van der Waals surface area contributed by atoms with Crippen LogP contribution in [-0.4, -0.2) is 60.2 Å². The quantitative estimate of drug-likeness (QED) is 0.723. The van der Waals surface area contributed by atoms with Crippen molar-refractivity contribution < 1.29 is 23.2 Å². The molecule has 2 aliphatic rings. The van der Waals surface area contributed by atoms with Crippen LogP contribution in [-0.2, 0) is 14.4 Å². The lowest BCUT2D eigenvalue weighted by molar-refractivity contribution is -0.140. The summed E-state index contributed by atoms with van der Waals surface area (Å²) in [6.45, 7) is 1.83. The van der Waals surface area contributed by atoms with Crippen molar-refractivity contribution in [1.82, 2.24) is 9.80 Å². The Morgan fingerprint density at radius 2 is 1.77 bits per heavy atom. The smallest absolute Gasteiger partial charge is 0.246 e. The minimum atomic E-state index is -0.502. The fourth-order valence-electron chi connectivity index (χ4n) is 3.83. The van der Waals surface area contributed by atoms with E-state index in [2.05, 4.69) is 0 Å². The zero-order valence-corrected chi connectivity index (χ0v) is 16.4. The summed E-state index contributed by atoms with van der Waals surface area (Å²) in [7, 11) is 0. The molecule has 2 fully saturated rings. The Morgan fingerprint density at radius 3 is 2.47 bits per heavy atom. The minimum Gasteiger partial charge on any atom is -0.465 e. The highest BCUT2D eigenvalue weighted by Crippen LogP contribution is 2.28. The first-order valence-electron chi connectivity index (χ1n) is 9.87. The first kappa shape index (κ1) is 19.9. The zero-order chi connectivity index (χ0) is 21.1. The number of benzene rings is 1. The zero-order valence-electron chi connectivity index (χ0n) is 16.4. The molecule has 1 aromatic carbocycles. The number of hydrogen-bond acceptors (Lipinski definition) is 4. The maximum atomic E-state index is 14.0. The molecule has 0 radical (unpaired) electrons. The van der Waals surface area contributed by atoms with Gasteiger partial charge in [-0.05, 0) is 30.3 Å². The molecule has 156 valence electrons. The van der Waals surface area contributed by atoms with E-state index in [9.17, 15) is 18.8 Å². The van der Waals surface area contributed by atoms with Crippen LogP contribution in [0.3, 0.4) is 0 Å². The molecule has 1 atom stereocenters. The van der Waals surface area contributed by atoms with E-state index < -0.39 is 11.7 Å². The van der Waals surface area contributed by atoms with Gasteiger partial charge in [0.1, 0.15) is 11.6 Å². The van der Waals surface area contributed by atoms with Crippen LogP contribution in [0.2, 0.25) is 0 Å². The summed E-state index contributed by atoms with van der Waals surface area (Å²) in [6.07, 6.45) is 4.67. The van der Waals surface area contributed by atoms with E-state index >= 15 is 0 Å². The normalized spacial score (nSPS) is 19.7. The molecule has 0 N–H and O–H groups in total. The van der Waals surface area contributed by atoms with Gasteiger partial charge >= 0.3 is 0 Å². The third-order valence-corrected chi connectivity index (χ3v) is 5.45. The molecule has 4 rings (SSSR count). The molecule has 2 saturated heterocycles. The lowest BCUT2D eigenvalue weighted by Crippen LogP contribution is -2.51. The van der Waals surface area contributed by atoms with Gasteiger partial charge in [-0.15, -0.1) is 0 Å². The van der Waals surface area contributed by atoms with Gasteiger partial charge in [0.15, 0.2) is 0 Å². The number of amides is 3. The Kier molecular flexibility index (Phi) is 5.65. The van der Waals surface area contributed by atoms with Crippen LogP contribution in [0.1, 0.15) is 12.2 Å². The Hall–Kier alpha value is -3.42. The van der Waals surface area contributed by atoms with Crippen molar-refractivity contribution in [3.8, 4) is 0 Å². The maximum Gasteiger partial charge on any atom is 0.246 e. The summed E-state index contributed by atoms with van der Waals surface area (Å²) in [5, 5.41) is 0. The van der Waals surface area contributed by atoms with E-state index in [4.69, 9.17) is 4.42 Å². The van der Waals surface area contributed by atoms with Gasteiger partial charge in [0.25, 0.3) is 0 Å². The Morgan fingerprint density at radius 1 is 1.03 bits per heavy atom. The molecular weight excluding hydrogens is 389 g/mol. The van der Waals surface area contributed by atoms with Gasteiger partial charge in [-0.3, -0.25) is 14.4 Å². The van der Waals surface area contributed by atoms with Crippen molar-refractivity contribution >= 4 is 29.5 Å². The molecule has 2 aromatic rings. The monoisotopic (exact) mass is 411 g/mol. The SMILES string of the molecule is O=C(/C=C/c1ccco1)N1CCN(C(=O)[C@H]2CC(=O)N(c3ccccc3F)C2)CC1. The van der Waals surface area contributed by atoms with Gasteiger partial charge in [-0.25, -0.2) is 4.39 Å². The van der Waals surface area contributed by atoms with E-state index in [0.29, 0.717) is 31.9 Å². The molecule has 1 aromatic heterocycles. The number of carbonyl (C=O) groups is 3. The minimum absolute atomic E-state index is 0.0677. The number of rotatable bonds is 4. The van der Waals surface area contributed by atoms with Crippen molar-refractivity contribution in [2.75, 3.05) is 37.6 Å². The summed E-state index contributed by atoms with van der Waals surface area (Å²) in [6, 6.07) is 9.57. The van der Waals surface area contributed by atoms with Crippen molar-refractivity contribution in [3.63, 3.8) is 0 Å². The lowest BCUT2D eigenvalue weighted by Gasteiger charge is -2.35. The van der Waals surface area contributed by atoms with Crippen molar-refractivity contribution in [3.05, 3.63) is 60.3 Å². The molecule has 0 aliphatic carbocycles. The van der Waals surface area contributed by atoms with Gasteiger partial charge in [-0.1, -0.05) is 12.1 Å². The number of anilines is 1. The summed E-state index contributed by atoms with van der Waals surface area (Å²) in [4.78, 5) is 42.3. The molecule has 8 heteroatoms. The van der Waals surface area contributed by atoms with Crippen LogP contribution in [0, 0.1) is 11.7 Å². The van der Waals surface area contributed by atoms with E-state index in [1.807, 2.05) is 0 Å². The predicted molar refractivity (Wildman–Crippen MR) is 108 cm³/mol. The molecule has 2 aliphatic heterocycles. The average molecular weight is 411 g/mol. The second-order valence-corrected chi connectivity index (χ2v) is 7.36. The maximum absolute atomic E-state index is 14.0. The third kappa shape index (κ3) is 4.12. The van der Waals surface area contributed by atoms with Crippen LogP contribution in [0.15, 0.2) is 53.2 Å². The first-order valence-corrected chi connectivity index (χ1v) is 9.87. The van der Waals surface area contributed by atoms with Gasteiger partial charge < -0.3 is 19.1 Å². The number of piperazine rings is 1. The molecule has 0 unspecified atom stereocenters. The largest absolute Gasteiger partial charge is 0.465 e. The number of para-hydroxylation sites is 1. The second-order valence-electron chi connectivity index (χ2n) is 7.36. The first-order chi connectivity index (χ1) is 14.5. The highest BCUT2D eigenvalue weighted by Gasteiger charge is 2.38. The van der Waals surface area contributed by atoms with Crippen LogP contribution in [0.25, 0.3) is 6.08 Å². The number of furan rings is 1. The summed E-state index contributed by atoms with van der Waals surface area (Å²) < 4.78 is 19.2. The van der Waals surface area contributed by atoms with Crippen molar-refractivity contribution in [1.29, 1.82) is 0 Å². The molecule has 0 saturated carbocycles. The van der Waals surface area contributed by atoms with E-state index in [1.165, 1.54) is 23.3 Å². The molecule has 7 nitrogen and oxygen atoms in total. The number of nitrogens with zero attached hydrogens (tertiary/aromatic N) is 3. The molecular formula is C22H22FN3O4. The predicted octanol–water partition coefficient (Wildman–Crippen LogP) is 2.16. The van der Waals surface area contributed by atoms with E-state index in [-0.39, 0.29) is 36.4 Å². The number of hydrogen-bond donors (Lipinski definition) is 0. The fourth-order valence-corrected chi connectivity index (χ4v) is 3.83. The van der Waals surface area contributed by atoms with Gasteiger partial charge in [0, 0.05) is 45.2 Å². The Balaban J connectivity index is 1.32.